The van der Waals surface area contributed by atoms with Crippen LogP contribution in [0.4, 0.5) is 5.69 Å². The molecule has 4 aromatic carbocycles. The SMILES string of the molecule is CN[C@@H](C)C(=O)NC(C(=O)N1Cc2cc(C(=O)Nc3ccc(C(=O)NC4CC(C(=O)N[C@@H]5CCCc6ccccc65)N(C(=O)[C@@H](NC(=O)[C@H](C)NC)C(C)(C)C)C4)cc3)ccc2CC1C(=O)NC1CCCc2ccccc21)C(C)(C)C. The van der Waals surface area contributed by atoms with Gasteiger partial charge in [-0.1, -0.05) is 96.1 Å². The number of hydrogen-bond donors (Lipinski definition) is 8. The average molecular weight is 1110 g/mol. The summed E-state index contributed by atoms with van der Waals surface area (Å²) in [6, 6.07) is 21.7. The van der Waals surface area contributed by atoms with Gasteiger partial charge in [0.25, 0.3) is 11.8 Å². The summed E-state index contributed by atoms with van der Waals surface area (Å²) in [4.78, 5) is 116. The number of aryl methyl sites for hydroxylation is 2. The van der Waals surface area contributed by atoms with Gasteiger partial charge in [-0.15, -0.1) is 0 Å². The van der Waals surface area contributed by atoms with Gasteiger partial charge in [0.1, 0.15) is 24.2 Å². The topological polar surface area (TPSA) is 239 Å². The molecular weight excluding hydrogens is 1020 g/mol. The minimum atomic E-state index is -0.977. The molecule has 0 aromatic heterocycles. The van der Waals surface area contributed by atoms with Crippen molar-refractivity contribution in [2.24, 2.45) is 10.8 Å². The molecule has 2 aliphatic carbocycles. The second kappa shape index (κ2) is 25.1. The second-order valence-corrected chi connectivity index (χ2v) is 24.6. The number of likely N-dealkylation sites (tertiary alicyclic amines) is 1. The van der Waals surface area contributed by atoms with E-state index in [2.05, 4.69) is 54.7 Å². The lowest BCUT2D eigenvalue weighted by Crippen LogP contribution is -2.62. The molecule has 9 atom stereocenters. The summed E-state index contributed by atoms with van der Waals surface area (Å²) in [6.07, 6.45) is 5.48. The Balaban J connectivity index is 0.972. The molecule has 0 saturated carbocycles. The fraction of sp³-hybridized carbons (Fsp3) is 0.492. The molecule has 0 bridgehead atoms. The number of amides is 8. The Hall–Kier alpha value is -7.44. The Morgan fingerprint density at radius 3 is 1.56 bits per heavy atom. The van der Waals surface area contributed by atoms with Crippen LogP contribution in [0.5, 0.6) is 0 Å². The fourth-order valence-corrected chi connectivity index (χ4v) is 11.6. The van der Waals surface area contributed by atoms with Crippen molar-refractivity contribution in [1.82, 2.24) is 47.0 Å². The minimum absolute atomic E-state index is 0.0134. The van der Waals surface area contributed by atoms with Crippen LogP contribution >= 0.6 is 0 Å². The summed E-state index contributed by atoms with van der Waals surface area (Å²) in [5, 5.41) is 24.2. The third-order valence-corrected chi connectivity index (χ3v) is 16.6. The van der Waals surface area contributed by atoms with Crippen molar-refractivity contribution in [1.29, 1.82) is 0 Å². The number of fused-ring (bicyclic) bond motifs is 3. The monoisotopic (exact) mass is 1110 g/mol. The van der Waals surface area contributed by atoms with Gasteiger partial charge in [0.05, 0.1) is 24.2 Å². The van der Waals surface area contributed by atoms with E-state index in [1.54, 1.807) is 69.2 Å². The number of nitrogens with one attached hydrogen (secondary N) is 8. The second-order valence-electron chi connectivity index (χ2n) is 24.6. The van der Waals surface area contributed by atoms with Crippen LogP contribution in [0.3, 0.4) is 0 Å². The number of carbonyl (C=O) groups excluding carboxylic acids is 8. The fourth-order valence-electron chi connectivity index (χ4n) is 11.6. The van der Waals surface area contributed by atoms with Gasteiger partial charge in [0, 0.05) is 42.4 Å². The molecule has 18 nitrogen and oxygen atoms in total. The molecule has 81 heavy (non-hydrogen) atoms. The van der Waals surface area contributed by atoms with Gasteiger partial charge < -0.3 is 52.3 Å². The summed E-state index contributed by atoms with van der Waals surface area (Å²) < 4.78 is 0. The lowest BCUT2D eigenvalue weighted by atomic mass is 9.83. The highest BCUT2D eigenvalue weighted by Crippen LogP contribution is 2.35. The van der Waals surface area contributed by atoms with E-state index in [0.717, 1.165) is 55.2 Å². The molecule has 8 N–H and O–H groups in total. The number of anilines is 1. The lowest BCUT2D eigenvalue weighted by Gasteiger charge is -2.42. The Kier molecular flexibility index (Phi) is 18.5. The molecule has 4 aromatic rings. The molecule has 4 aliphatic rings. The van der Waals surface area contributed by atoms with Crippen molar-refractivity contribution >= 4 is 52.9 Å². The number of rotatable bonds is 16. The van der Waals surface area contributed by atoms with E-state index in [1.807, 2.05) is 84.0 Å². The first-order chi connectivity index (χ1) is 38.4. The Morgan fingerprint density at radius 2 is 1.04 bits per heavy atom. The number of nitrogens with zero attached hydrogens (tertiary/aromatic N) is 2. The van der Waals surface area contributed by atoms with E-state index in [4.69, 9.17) is 0 Å². The summed E-state index contributed by atoms with van der Waals surface area (Å²) in [6.45, 7) is 14.6. The van der Waals surface area contributed by atoms with E-state index in [-0.39, 0.29) is 67.2 Å². The maximum atomic E-state index is 14.9. The summed E-state index contributed by atoms with van der Waals surface area (Å²) in [7, 11) is 3.33. The first-order valence-electron chi connectivity index (χ1n) is 28.6. The minimum Gasteiger partial charge on any atom is -0.347 e. The van der Waals surface area contributed by atoms with Gasteiger partial charge in [0.15, 0.2) is 0 Å². The molecule has 1 saturated heterocycles. The van der Waals surface area contributed by atoms with Crippen molar-refractivity contribution < 1.29 is 38.4 Å². The summed E-state index contributed by atoms with van der Waals surface area (Å²) >= 11 is 0. The van der Waals surface area contributed by atoms with Crippen LogP contribution in [-0.2, 0) is 54.6 Å². The molecule has 432 valence electrons. The molecule has 0 radical (unpaired) electrons. The van der Waals surface area contributed by atoms with Gasteiger partial charge in [-0.3, -0.25) is 38.4 Å². The standard InChI is InChI=1S/C63H82N10O8/c1-36(64-9)54(74)70-52(62(3,4)5)60(80)72-34-43-31-42(26-25-41(43)32-50(72)58(78)68-48-23-15-19-38-17-11-13-21-46(38)48)57(77)66-44-29-27-40(28-30-44)56(76)67-45-33-51(59(79)69-49-24-16-20-39-18-12-14-22-47(39)49)73(35-45)61(81)53(63(6,7)8)71-55(75)37(2)65-10/h11-14,17-18,21-22,25-31,36-37,45,48-53,64-65H,15-16,19-20,23-24,32-35H2,1-10H3,(H,66,77)(H,67,76)(H,68,78)(H,69,79)(H,70,74)(H,71,75)/t36-,37-,45?,48?,49+,50?,51?,52?,53+/m0/s1. The highest BCUT2D eigenvalue weighted by atomic mass is 16.2. The zero-order valence-corrected chi connectivity index (χ0v) is 48.6. The molecule has 0 spiro atoms. The molecule has 1 fully saturated rings. The van der Waals surface area contributed by atoms with E-state index in [1.165, 1.54) is 16.0 Å². The third kappa shape index (κ3) is 13.8. The van der Waals surface area contributed by atoms with Crippen LogP contribution in [0, 0.1) is 10.8 Å². The largest absolute Gasteiger partial charge is 0.347 e. The molecule has 8 amide bonds. The summed E-state index contributed by atoms with van der Waals surface area (Å²) in [5.41, 5.74) is 5.52. The van der Waals surface area contributed by atoms with E-state index < -0.39 is 76.8 Å². The quantitative estimate of drug-likeness (QED) is 0.0696. The predicted molar refractivity (Wildman–Crippen MR) is 311 cm³/mol. The number of hydrogen-bond acceptors (Lipinski definition) is 10. The Labute approximate surface area is 476 Å². The maximum absolute atomic E-state index is 14.9. The van der Waals surface area contributed by atoms with Crippen LogP contribution < -0.4 is 42.5 Å². The highest BCUT2D eigenvalue weighted by molar-refractivity contribution is 6.05. The van der Waals surface area contributed by atoms with Crippen LogP contribution in [0.15, 0.2) is 91.0 Å². The average Bonchev–Trinajstić information content (AvgIpc) is 3.95. The number of likely N-dealkylation sites (N-methyl/N-ethyl adjacent to an activating group) is 2. The molecule has 5 unspecified atom stereocenters. The first-order valence-corrected chi connectivity index (χ1v) is 28.6. The van der Waals surface area contributed by atoms with E-state index in [9.17, 15) is 38.4 Å². The highest BCUT2D eigenvalue weighted by Gasteiger charge is 2.47. The van der Waals surface area contributed by atoms with Gasteiger partial charge in [-0.05, 0) is 153 Å². The predicted octanol–water partition coefficient (Wildman–Crippen LogP) is 5.56. The molecule has 8 rings (SSSR count). The van der Waals surface area contributed by atoms with Crippen LogP contribution in [0.2, 0.25) is 0 Å². The van der Waals surface area contributed by atoms with E-state index in [0.29, 0.717) is 16.8 Å². The van der Waals surface area contributed by atoms with Gasteiger partial charge >= 0.3 is 0 Å². The van der Waals surface area contributed by atoms with Crippen molar-refractivity contribution in [3.63, 3.8) is 0 Å². The zero-order chi connectivity index (χ0) is 58.5. The van der Waals surface area contributed by atoms with Gasteiger partial charge in [-0.25, -0.2) is 0 Å². The van der Waals surface area contributed by atoms with Crippen LogP contribution in [0.1, 0.15) is 154 Å². The number of carbonyl (C=O) groups is 8. The first kappa shape index (κ1) is 59.7. The van der Waals surface area contributed by atoms with Crippen molar-refractivity contribution in [2.75, 3.05) is 26.0 Å². The molecular formula is C63H82N10O8. The van der Waals surface area contributed by atoms with Gasteiger partial charge in [-0.2, -0.15) is 0 Å². The van der Waals surface area contributed by atoms with Crippen LogP contribution in [-0.4, -0.2) is 120 Å². The normalized spacial score (nSPS) is 21.1. The third-order valence-electron chi connectivity index (χ3n) is 16.6. The summed E-state index contributed by atoms with van der Waals surface area (Å²) in [5.74, 6) is -3.05. The van der Waals surface area contributed by atoms with E-state index >= 15 is 0 Å². The van der Waals surface area contributed by atoms with Crippen molar-refractivity contribution in [2.45, 2.75) is 168 Å². The van der Waals surface area contributed by atoms with Gasteiger partial charge in [0.2, 0.25) is 35.4 Å². The maximum Gasteiger partial charge on any atom is 0.255 e. The molecule has 2 aliphatic heterocycles. The number of benzene rings is 4. The molecule has 18 heteroatoms. The lowest BCUT2D eigenvalue weighted by molar-refractivity contribution is -0.147. The van der Waals surface area contributed by atoms with Crippen LogP contribution in [0.25, 0.3) is 0 Å². The van der Waals surface area contributed by atoms with Crippen molar-refractivity contribution in [3.05, 3.63) is 136 Å². The van der Waals surface area contributed by atoms with Crippen molar-refractivity contribution in [3.8, 4) is 0 Å². The Bertz CT molecular complexity index is 3020. The Morgan fingerprint density at radius 1 is 0.543 bits per heavy atom. The molecule has 2 heterocycles. The smallest absolute Gasteiger partial charge is 0.255 e. The zero-order valence-electron chi connectivity index (χ0n) is 48.6.